The van der Waals surface area contributed by atoms with Crippen LogP contribution in [0.5, 0.6) is 0 Å². The molecule has 0 spiro atoms. The van der Waals surface area contributed by atoms with Gasteiger partial charge in [0, 0.05) is 10.8 Å². The largest absolute Gasteiger partial charge is 0.284 e. The lowest BCUT2D eigenvalue weighted by Gasteiger charge is -2.07. The fraction of sp³-hybridized carbons (Fsp3) is 0.0667. The predicted molar refractivity (Wildman–Crippen MR) is 78.3 cm³/mol. The standard InChI is InChI=1S/C15H11ClF2S/c16-13-8-6-12(7-9-13)14(15(17)18)19-10-11-4-2-1-3-5-11/h1-9H,10H2. The summed E-state index contributed by atoms with van der Waals surface area (Å²) >= 11 is 6.89. The van der Waals surface area contributed by atoms with Gasteiger partial charge in [-0.1, -0.05) is 54.1 Å². The van der Waals surface area contributed by atoms with E-state index in [1.165, 1.54) is 0 Å². The lowest BCUT2D eigenvalue weighted by atomic mass is 10.2. The van der Waals surface area contributed by atoms with Crippen LogP contribution in [0.15, 0.2) is 60.7 Å². The van der Waals surface area contributed by atoms with Crippen LogP contribution in [-0.4, -0.2) is 0 Å². The molecular formula is C15H11ClF2S. The van der Waals surface area contributed by atoms with E-state index in [1.54, 1.807) is 24.3 Å². The minimum Gasteiger partial charge on any atom is -0.172 e. The van der Waals surface area contributed by atoms with Crippen molar-refractivity contribution in [2.45, 2.75) is 5.75 Å². The molecule has 0 aliphatic heterocycles. The zero-order valence-corrected chi connectivity index (χ0v) is 11.5. The molecule has 0 unspecified atom stereocenters. The van der Waals surface area contributed by atoms with Crippen LogP contribution in [0.25, 0.3) is 4.91 Å². The third-order valence-electron chi connectivity index (χ3n) is 2.50. The molecule has 4 heteroatoms. The van der Waals surface area contributed by atoms with Gasteiger partial charge in [0.05, 0.1) is 4.91 Å². The molecule has 2 aromatic rings. The summed E-state index contributed by atoms with van der Waals surface area (Å²) in [5.74, 6) is 0.510. The van der Waals surface area contributed by atoms with Crippen LogP contribution < -0.4 is 0 Å². The number of thioether (sulfide) groups is 1. The molecule has 0 nitrogen and oxygen atoms in total. The summed E-state index contributed by atoms with van der Waals surface area (Å²) in [6.07, 6.45) is -1.66. The van der Waals surface area contributed by atoms with Crippen molar-refractivity contribution in [3.05, 3.63) is 76.8 Å². The number of benzene rings is 2. The van der Waals surface area contributed by atoms with Crippen molar-refractivity contribution in [3.8, 4) is 0 Å². The van der Waals surface area contributed by atoms with Crippen LogP contribution in [0.1, 0.15) is 11.1 Å². The van der Waals surface area contributed by atoms with E-state index in [0.29, 0.717) is 16.3 Å². The van der Waals surface area contributed by atoms with E-state index in [-0.39, 0.29) is 4.91 Å². The molecule has 0 bridgehead atoms. The molecule has 0 radical (unpaired) electrons. The van der Waals surface area contributed by atoms with Gasteiger partial charge in [-0.05, 0) is 23.3 Å². The molecule has 0 aliphatic rings. The quantitative estimate of drug-likeness (QED) is 0.683. The van der Waals surface area contributed by atoms with E-state index < -0.39 is 6.08 Å². The Morgan fingerprint density at radius 3 is 2.16 bits per heavy atom. The van der Waals surface area contributed by atoms with Crippen LogP contribution in [0.4, 0.5) is 8.78 Å². The van der Waals surface area contributed by atoms with Crippen molar-refractivity contribution in [2.24, 2.45) is 0 Å². The minimum absolute atomic E-state index is 0.000481. The molecule has 0 N–H and O–H groups in total. The second-order valence-corrected chi connectivity index (χ2v) is 5.29. The van der Waals surface area contributed by atoms with Gasteiger partial charge in [0.2, 0.25) is 0 Å². The summed E-state index contributed by atoms with van der Waals surface area (Å²) in [5.41, 5.74) is 1.51. The van der Waals surface area contributed by atoms with Crippen molar-refractivity contribution < 1.29 is 8.78 Å². The van der Waals surface area contributed by atoms with Crippen molar-refractivity contribution in [1.82, 2.24) is 0 Å². The highest BCUT2D eigenvalue weighted by Crippen LogP contribution is 2.34. The number of hydrogen-bond donors (Lipinski definition) is 0. The van der Waals surface area contributed by atoms with Gasteiger partial charge in [-0.15, -0.1) is 11.8 Å². The Kier molecular flexibility index (Phi) is 5.00. The topological polar surface area (TPSA) is 0 Å². The molecule has 98 valence electrons. The summed E-state index contributed by atoms with van der Waals surface area (Å²) in [4.78, 5) is 0.000481. The summed E-state index contributed by atoms with van der Waals surface area (Å²) in [6, 6.07) is 16.0. The van der Waals surface area contributed by atoms with Crippen LogP contribution in [0, 0.1) is 0 Å². The normalized spacial score (nSPS) is 10.3. The van der Waals surface area contributed by atoms with Gasteiger partial charge < -0.3 is 0 Å². The molecule has 0 fully saturated rings. The first kappa shape index (κ1) is 14.1. The van der Waals surface area contributed by atoms with Crippen LogP contribution in [0.2, 0.25) is 5.02 Å². The van der Waals surface area contributed by atoms with Gasteiger partial charge in [0.15, 0.2) is 0 Å². The highest BCUT2D eigenvalue weighted by molar-refractivity contribution is 8.07. The highest BCUT2D eigenvalue weighted by atomic mass is 35.5. The molecule has 0 atom stereocenters. The fourth-order valence-corrected chi connectivity index (χ4v) is 2.62. The first-order chi connectivity index (χ1) is 9.16. The monoisotopic (exact) mass is 296 g/mol. The number of rotatable bonds is 4. The maximum absolute atomic E-state index is 13.0. The van der Waals surface area contributed by atoms with E-state index >= 15 is 0 Å². The predicted octanol–water partition coefficient (Wildman–Crippen LogP) is 5.84. The number of hydrogen-bond acceptors (Lipinski definition) is 1. The molecule has 0 heterocycles. The molecule has 2 rings (SSSR count). The Bertz CT molecular complexity index is 560. The zero-order valence-electron chi connectivity index (χ0n) is 9.95. The zero-order chi connectivity index (χ0) is 13.7. The molecule has 2 aromatic carbocycles. The van der Waals surface area contributed by atoms with Crippen LogP contribution >= 0.6 is 23.4 Å². The molecule has 0 saturated heterocycles. The molecule has 19 heavy (non-hydrogen) atoms. The van der Waals surface area contributed by atoms with Crippen LogP contribution in [-0.2, 0) is 5.75 Å². The second-order valence-electron chi connectivity index (χ2n) is 3.87. The van der Waals surface area contributed by atoms with Gasteiger partial charge in [-0.25, -0.2) is 0 Å². The Balaban J connectivity index is 2.14. The minimum atomic E-state index is -1.66. The van der Waals surface area contributed by atoms with E-state index in [4.69, 9.17) is 11.6 Å². The van der Waals surface area contributed by atoms with Gasteiger partial charge in [0.1, 0.15) is 0 Å². The van der Waals surface area contributed by atoms with E-state index in [2.05, 4.69) is 0 Å². The summed E-state index contributed by atoms with van der Waals surface area (Å²) in [6.45, 7) is 0. The summed E-state index contributed by atoms with van der Waals surface area (Å²) in [5, 5.41) is 0.537. The average molecular weight is 297 g/mol. The SMILES string of the molecule is FC(F)=C(SCc1ccccc1)c1ccc(Cl)cc1. The Hall–Kier alpha value is -1.32. The summed E-state index contributed by atoms with van der Waals surface area (Å²) < 4.78 is 26.0. The molecule has 0 aromatic heterocycles. The second kappa shape index (κ2) is 6.73. The smallest absolute Gasteiger partial charge is 0.172 e. The lowest BCUT2D eigenvalue weighted by Crippen LogP contribution is -1.85. The maximum Gasteiger partial charge on any atom is 0.284 e. The third kappa shape index (κ3) is 4.08. The van der Waals surface area contributed by atoms with E-state index in [0.717, 1.165) is 17.3 Å². The van der Waals surface area contributed by atoms with Gasteiger partial charge in [-0.2, -0.15) is 8.78 Å². The fourth-order valence-electron chi connectivity index (χ4n) is 1.58. The van der Waals surface area contributed by atoms with Crippen molar-refractivity contribution in [3.63, 3.8) is 0 Å². The van der Waals surface area contributed by atoms with Crippen molar-refractivity contribution >= 4 is 28.3 Å². The Morgan fingerprint density at radius 1 is 0.947 bits per heavy atom. The molecular weight excluding hydrogens is 286 g/mol. The molecule has 0 saturated carbocycles. The first-order valence-electron chi connectivity index (χ1n) is 5.65. The van der Waals surface area contributed by atoms with E-state index in [1.807, 2.05) is 30.3 Å². The Morgan fingerprint density at radius 2 is 1.58 bits per heavy atom. The Labute approximate surface area is 120 Å². The van der Waals surface area contributed by atoms with E-state index in [9.17, 15) is 8.78 Å². The highest BCUT2D eigenvalue weighted by Gasteiger charge is 2.10. The number of halogens is 3. The van der Waals surface area contributed by atoms with Crippen molar-refractivity contribution in [1.29, 1.82) is 0 Å². The molecule has 0 aliphatic carbocycles. The average Bonchev–Trinajstić information content (AvgIpc) is 2.42. The first-order valence-corrected chi connectivity index (χ1v) is 7.01. The van der Waals surface area contributed by atoms with Gasteiger partial charge in [-0.3, -0.25) is 0 Å². The lowest BCUT2D eigenvalue weighted by molar-refractivity contribution is 0.428. The third-order valence-corrected chi connectivity index (χ3v) is 3.91. The summed E-state index contributed by atoms with van der Waals surface area (Å²) in [7, 11) is 0. The van der Waals surface area contributed by atoms with Crippen LogP contribution in [0.3, 0.4) is 0 Å². The van der Waals surface area contributed by atoms with Gasteiger partial charge in [0.25, 0.3) is 6.08 Å². The molecule has 0 amide bonds. The van der Waals surface area contributed by atoms with Crippen molar-refractivity contribution in [2.75, 3.05) is 0 Å². The maximum atomic E-state index is 13.0. The van der Waals surface area contributed by atoms with Gasteiger partial charge >= 0.3 is 0 Å².